The fourth-order valence-electron chi connectivity index (χ4n) is 1.84. The summed E-state index contributed by atoms with van der Waals surface area (Å²) in [4.78, 5) is 8.21. The molecule has 0 aliphatic carbocycles. The number of hydrogen-bond donors (Lipinski definition) is 1. The highest BCUT2D eigenvalue weighted by atomic mass is 35.5. The summed E-state index contributed by atoms with van der Waals surface area (Å²) in [5.74, 6) is 0.642. The quantitative estimate of drug-likeness (QED) is 0.795. The monoisotopic (exact) mass is 334 g/mol. The van der Waals surface area contributed by atoms with Crippen LogP contribution in [0.5, 0.6) is 0 Å². The standard InChI is InChI=1S/C14H11ClN4O2S/c15-11-2-1-3-13(8-11)22(20,21)18-12-4-5-14(17-9-12)19-7-6-16-10-19/h1-10,18H. The van der Waals surface area contributed by atoms with E-state index < -0.39 is 10.0 Å². The van der Waals surface area contributed by atoms with E-state index in [9.17, 15) is 8.42 Å². The van der Waals surface area contributed by atoms with E-state index in [1.54, 1.807) is 47.6 Å². The largest absolute Gasteiger partial charge is 0.291 e. The zero-order chi connectivity index (χ0) is 15.6. The van der Waals surface area contributed by atoms with Crippen LogP contribution in [0.2, 0.25) is 5.02 Å². The summed E-state index contributed by atoms with van der Waals surface area (Å²) in [7, 11) is -3.70. The molecule has 0 bridgehead atoms. The molecule has 0 amide bonds. The topological polar surface area (TPSA) is 76.9 Å². The molecule has 0 saturated carbocycles. The number of nitrogens with one attached hydrogen (secondary N) is 1. The van der Waals surface area contributed by atoms with E-state index in [0.717, 1.165) is 0 Å². The molecule has 0 fully saturated rings. The Morgan fingerprint density at radius 3 is 2.68 bits per heavy atom. The molecule has 1 N–H and O–H groups in total. The van der Waals surface area contributed by atoms with Crippen molar-refractivity contribution in [1.82, 2.24) is 14.5 Å². The van der Waals surface area contributed by atoms with Crippen molar-refractivity contribution in [3.05, 3.63) is 66.3 Å². The van der Waals surface area contributed by atoms with Crippen LogP contribution in [0, 0.1) is 0 Å². The van der Waals surface area contributed by atoms with Crippen molar-refractivity contribution in [2.75, 3.05) is 4.72 Å². The van der Waals surface area contributed by atoms with Gasteiger partial charge in [0.1, 0.15) is 12.1 Å². The van der Waals surface area contributed by atoms with E-state index in [1.807, 2.05) is 0 Å². The van der Waals surface area contributed by atoms with Gasteiger partial charge in [-0.15, -0.1) is 0 Å². The van der Waals surface area contributed by atoms with E-state index >= 15 is 0 Å². The van der Waals surface area contributed by atoms with E-state index in [-0.39, 0.29) is 4.90 Å². The van der Waals surface area contributed by atoms with E-state index in [4.69, 9.17) is 11.6 Å². The van der Waals surface area contributed by atoms with Crippen LogP contribution in [0.3, 0.4) is 0 Å². The summed E-state index contributed by atoms with van der Waals surface area (Å²) in [6.07, 6.45) is 6.44. The molecule has 0 atom stereocenters. The number of imidazole rings is 1. The number of rotatable bonds is 4. The molecular formula is C14H11ClN4O2S. The van der Waals surface area contributed by atoms with Gasteiger partial charge in [-0.3, -0.25) is 9.29 Å². The minimum Gasteiger partial charge on any atom is -0.291 e. The van der Waals surface area contributed by atoms with E-state index in [2.05, 4.69) is 14.7 Å². The molecule has 0 unspecified atom stereocenters. The maximum Gasteiger partial charge on any atom is 0.261 e. The third kappa shape index (κ3) is 3.10. The SMILES string of the molecule is O=S(=O)(Nc1ccc(-n2ccnc2)nc1)c1cccc(Cl)c1. The number of nitrogens with zero attached hydrogens (tertiary/aromatic N) is 3. The molecule has 0 saturated heterocycles. The highest BCUT2D eigenvalue weighted by molar-refractivity contribution is 7.92. The molecule has 22 heavy (non-hydrogen) atoms. The molecule has 112 valence electrons. The van der Waals surface area contributed by atoms with Gasteiger partial charge in [-0.1, -0.05) is 17.7 Å². The summed E-state index contributed by atoms with van der Waals surface area (Å²) >= 11 is 5.82. The van der Waals surface area contributed by atoms with Gasteiger partial charge in [0.2, 0.25) is 0 Å². The van der Waals surface area contributed by atoms with Crippen LogP contribution in [0.15, 0.2) is 66.2 Å². The lowest BCUT2D eigenvalue weighted by Gasteiger charge is -2.09. The predicted octanol–water partition coefficient (Wildman–Crippen LogP) is 2.72. The van der Waals surface area contributed by atoms with Gasteiger partial charge >= 0.3 is 0 Å². The summed E-state index contributed by atoms with van der Waals surface area (Å²) < 4.78 is 28.7. The van der Waals surface area contributed by atoms with Crippen LogP contribution < -0.4 is 4.72 Å². The van der Waals surface area contributed by atoms with Crippen molar-refractivity contribution in [2.24, 2.45) is 0 Å². The molecule has 0 aliphatic rings. The molecule has 8 heteroatoms. The van der Waals surface area contributed by atoms with Gasteiger partial charge in [-0.05, 0) is 30.3 Å². The zero-order valence-corrected chi connectivity index (χ0v) is 12.8. The molecule has 3 aromatic rings. The lowest BCUT2D eigenvalue weighted by molar-refractivity contribution is 0.601. The molecular weight excluding hydrogens is 324 g/mol. The van der Waals surface area contributed by atoms with Gasteiger partial charge in [0.05, 0.1) is 16.8 Å². The van der Waals surface area contributed by atoms with Crippen molar-refractivity contribution < 1.29 is 8.42 Å². The normalized spacial score (nSPS) is 11.3. The van der Waals surface area contributed by atoms with Crippen molar-refractivity contribution >= 4 is 27.3 Å². The molecule has 2 heterocycles. The summed E-state index contributed by atoms with van der Waals surface area (Å²) in [5, 5.41) is 0.358. The smallest absolute Gasteiger partial charge is 0.261 e. The first-order chi connectivity index (χ1) is 10.5. The molecule has 2 aromatic heterocycles. The number of halogens is 1. The first-order valence-corrected chi connectivity index (χ1v) is 8.13. The number of pyridine rings is 1. The Labute approximate surface area is 132 Å². The average molecular weight is 335 g/mol. The highest BCUT2D eigenvalue weighted by Gasteiger charge is 2.14. The zero-order valence-electron chi connectivity index (χ0n) is 11.2. The van der Waals surface area contributed by atoms with Gasteiger partial charge in [-0.25, -0.2) is 18.4 Å². The highest BCUT2D eigenvalue weighted by Crippen LogP contribution is 2.19. The summed E-state index contributed by atoms with van der Waals surface area (Å²) in [5.41, 5.74) is 0.365. The first kappa shape index (κ1) is 14.6. The Bertz CT molecular complexity index is 877. The first-order valence-electron chi connectivity index (χ1n) is 6.27. The molecule has 6 nitrogen and oxygen atoms in total. The fraction of sp³-hybridized carbons (Fsp3) is 0. The maximum absolute atomic E-state index is 12.3. The average Bonchev–Trinajstić information content (AvgIpc) is 3.02. The Kier molecular flexibility index (Phi) is 3.82. The van der Waals surface area contributed by atoms with Crippen LogP contribution in [-0.2, 0) is 10.0 Å². The Morgan fingerprint density at radius 2 is 2.05 bits per heavy atom. The van der Waals surface area contributed by atoms with Gasteiger partial charge in [-0.2, -0.15) is 0 Å². The van der Waals surface area contributed by atoms with Crippen molar-refractivity contribution in [2.45, 2.75) is 4.90 Å². The third-order valence-electron chi connectivity index (χ3n) is 2.88. The molecule has 1 aromatic carbocycles. The van der Waals surface area contributed by atoms with Crippen LogP contribution in [0.4, 0.5) is 5.69 Å². The second-order valence-corrected chi connectivity index (χ2v) is 6.56. The van der Waals surface area contributed by atoms with Gasteiger partial charge in [0.25, 0.3) is 10.0 Å². The van der Waals surface area contributed by atoms with Gasteiger partial charge < -0.3 is 0 Å². The Balaban J connectivity index is 1.84. The van der Waals surface area contributed by atoms with Crippen LogP contribution >= 0.6 is 11.6 Å². The number of anilines is 1. The van der Waals surface area contributed by atoms with Gasteiger partial charge in [0, 0.05) is 17.4 Å². The second kappa shape index (κ2) is 5.78. The molecule has 0 aliphatic heterocycles. The van der Waals surface area contributed by atoms with Crippen LogP contribution in [0.25, 0.3) is 5.82 Å². The fourth-order valence-corrected chi connectivity index (χ4v) is 3.19. The van der Waals surface area contributed by atoms with Crippen LogP contribution in [0.1, 0.15) is 0 Å². The third-order valence-corrected chi connectivity index (χ3v) is 4.49. The number of benzene rings is 1. The van der Waals surface area contributed by atoms with Crippen molar-refractivity contribution in [1.29, 1.82) is 0 Å². The molecule has 0 spiro atoms. The minimum atomic E-state index is -3.70. The number of sulfonamides is 1. The van der Waals surface area contributed by atoms with Crippen molar-refractivity contribution in [3.8, 4) is 5.82 Å². The minimum absolute atomic E-state index is 0.0960. The lowest BCUT2D eigenvalue weighted by Crippen LogP contribution is -2.13. The maximum atomic E-state index is 12.3. The second-order valence-electron chi connectivity index (χ2n) is 4.44. The summed E-state index contributed by atoms with van der Waals surface area (Å²) in [6.45, 7) is 0. The van der Waals surface area contributed by atoms with Gasteiger partial charge in [0.15, 0.2) is 0 Å². The van der Waals surface area contributed by atoms with Crippen LogP contribution in [-0.4, -0.2) is 23.0 Å². The predicted molar refractivity (Wildman–Crippen MR) is 83.6 cm³/mol. The number of hydrogen-bond acceptors (Lipinski definition) is 4. The summed E-state index contributed by atoms with van der Waals surface area (Å²) in [6, 6.07) is 9.37. The number of aromatic nitrogens is 3. The molecule has 3 rings (SSSR count). The molecule has 0 radical (unpaired) electrons. The van der Waals surface area contributed by atoms with E-state index in [0.29, 0.717) is 16.5 Å². The Morgan fingerprint density at radius 1 is 1.18 bits per heavy atom. The van der Waals surface area contributed by atoms with E-state index in [1.165, 1.54) is 18.3 Å². The Hall–Kier alpha value is -2.38. The van der Waals surface area contributed by atoms with Crippen molar-refractivity contribution in [3.63, 3.8) is 0 Å². The lowest BCUT2D eigenvalue weighted by atomic mass is 10.4.